The zero-order chi connectivity index (χ0) is 15.6. The molecule has 1 aromatic carbocycles. The lowest BCUT2D eigenvalue weighted by molar-refractivity contribution is -0.188. The van der Waals surface area contributed by atoms with Crippen LogP contribution in [0.15, 0.2) is 35.7 Å². The number of carbonyl (C=O) groups excluding carboxylic acids is 2. The summed E-state index contributed by atoms with van der Waals surface area (Å²) in [4.78, 5) is 24.4. The summed E-state index contributed by atoms with van der Waals surface area (Å²) in [5, 5.41) is 8.89. The number of methoxy groups -OCH3 is 1. The number of hydrogen-bond donors (Lipinski definition) is 1. The largest absolute Gasteiger partial charge is 0.438 e. The summed E-state index contributed by atoms with van der Waals surface area (Å²) in [6, 6.07) is 8.55. The first-order valence-corrected chi connectivity index (χ1v) is 6.22. The highest BCUT2D eigenvalue weighted by atomic mass is 16.7. The first-order chi connectivity index (χ1) is 9.93. The second-order valence-electron chi connectivity index (χ2n) is 4.71. The van der Waals surface area contributed by atoms with E-state index in [0.717, 1.165) is 5.56 Å². The van der Waals surface area contributed by atoms with Crippen LogP contribution in [0, 0.1) is 18.3 Å². The van der Waals surface area contributed by atoms with Crippen LogP contribution in [0.5, 0.6) is 0 Å². The Morgan fingerprint density at radius 3 is 2.52 bits per heavy atom. The zero-order valence-electron chi connectivity index (χ0n) is 11.7. The van der Waals surface area contributed by atoms with E-state index in [1.807, 2.05) is 6.92 Å². The van der Waals surface area contributed by atoms with E-state index in [0.29, 0.717) is 5.56 Å². The van der Waals surface area contributed by atoms with Crippen molar-refractivity contribution >= 4 is 11.6 Å². The quantitative estimate of drug-likeness (QED) is 0.834. The number of Topliss-reactive ketones (excluding diaryl/α,β-unsaturated/α-hetero) is 2. The van der Waals surface area contributed by atoms with Crippen LogP contribution in [0.1, 0.15) is 22.3 Å². The van der Waals surface area contributed by atoms with Gasteiger partial charge in [0.1, 0.15) is 6.07 Å². The minimum absolute atomic E-state index is 0.318. The first-order valence-electron chi connectivity index (χ1n) is 6.22. The predicted molar refractivity (Wildman–Crippen MR) is 72.8 cm³/mol. The van der Waals surface area contributed by atoms with Gasteiger partial charge in [-0.3, -0.25) is 9.59 Å². The molecule has 1 atom stereocenters. The van der Waals surface area contributed by atoms with Crippen LogP contribution >= 0.6 is 0 Å². The monoisotopic (exact) mass is 286 g/mol. The van der Waals surface area contributed by atoms with Crippen LogP contribution < -0.4 is 5.73 Å². The summed E-state index contributed by atoms with van der Waals surface area (Å²) in [5.41, 5.74) is 6.60. The molecule has 108 valence electrons. The summed E-state index contributed by atoms with van der Waals surface area (Å²) >= 11 is 0. The molecule has 2 rings (SSSR count). The van der Waals surface area contributed by atoms with Crippen molar-refractivity contribution in [2.75, 3.05) is 7.11 Å². The topological polar surface area (TPSA) is 102 Å². The van der Waals surface area contributed by atoms with Crippen molar-refractivity contribution in [3.05, 3.63) is 46.8 Å². The van der Waals surface area contributed by atoms with E-state index in [1.54, 1.807) is 30.3 Å². The van der Waals surface area contributed by atoms with Gasteiger partial charge in [0.05, 0.1) is 6.42 Å². The lowest BCUT2D eigenvalue weighted by Gasteiger charge is -2.24. The summed E-state index contributed by atoms with van der Waals surface area (Å²) in [7, 11) is 1.23. The number of nitriles is 1. The maximum absolute atomic E-state index is 12.3. The van der Waals surface area contributed by atoms with Crippen LogP contribution in [0.3, 0.4) is 0 Å². The van der Waals surface area contributed by atoms with Gasteiger partial charge in [0.25, 0.3) is 11.6 Å². The summed E-state index contributed by atoms with van der Waals surface area (Å²) in [6.07, 6.45) is -0.350. The zero-order valence-corrected chi connectivity index (χ0v) is 11.7. The van der Waals surface area contributed by atoms with Gasteiger partial charge in [-0.25, -0.2) is 0 Å². The highest BCUT2D eigenvalue weighted by Gasteiger charge is 2.51. The van der Waals surface area contributed by atoms with E-state index in [-0.39, 0.29) is 23.7 Å². The fourth-order valence-corrected chi connectivity index (χ4v) is 2.06. The van der Waals surface area contributed by atoms with Crippen molar-refractivity contribution < 1.29 is 19.1 Å². The molecule has 6 nitrogen and oxygen atoms in total. The maximum Gasteiger partial charge on any atom is 0.284 e. The number of ether oxygens (including phenoxy) is 2. The number of aryl methyl sites for hydroxylation is 1. The first kappa shape index (κ1) is 14.8. The van der Waals surface area contributed by atoms with Crippen LogP contribution in [-0.4, -0.2) is 24.5 Å². The normalized spacial score (nSPS) is 21.1. The number of carbonyl (C=O) groups is 2. The van der Waals surface area contributed by atoms with E-state index in [2.05, 4.69) is 0 Å². The molecule has 0 radical (unpaired) electrons. The van der Waals surface area contributed by atoms with Gasteiger partial charge in [-0.05, 0) is 6.92 Å². The maximum atomic E-state index is 12.3. The van der Waals surface area contributed by atoms with Gasteiger partial charge in [0.15, 0.2) is 11.4 Å². The van der Waals surface area contributed by atoms with Gasteiger partial charge in [-0.15, -0.1) is 0 Å². The molecule has 0 saturated heterocycles. The van der Waals surface area contributed by atoms with Gasteiger partial charge >= 0.3 is 0 Å². The molecule has 1 heterocycles. The van der Waals surface area contributed by atoms with E-state index in [4.69, 9.17) is 20.5 Å². The Morgan fingerprint density at radius 2 is 2.05 bits per heavy atom. The third-order valence-corrected chi connectivity index (χ3v) is 3.30. The Bertz CT molecular complexity index is 670. The van der Waals surface area contributed by atoms with Crippen LogP contribution in [-0.2, 0) is 14.3 Å². The van der Waals surface area contributed by atoms with Gasteiger partial charge in [0, 0.05) is 12.7 Å². The number of hydrogen-bond acceptors (Lipinski definition) is 6. The van der Waals surface area contributed by atoms with E-state index in [9.17, 15) is 9.59 Å². The van der Waals surface area contributed by atoms with Crippen molar-refractivity contribution in [1.82, 2.24) is 0 Å². The average molecular weight is 286 g/mol. The lowest BCUT2D eigenvalue weighted by atomic mass is 9.97. The molecule has 0 saturated carbocycles. The second kappa shape index (κ2) is 5.38. The number of benzene rings is 1. The molecule has 0 spiro atoms. The van der Waals surface area contributed by atoms with Gasteiger partial charge in [-0.2, -0.15) is 5.26 Å². The number of rotatable bonds is 4. The predicted octanol–water partition coefficient (Wildman–Crippen LogP) is 1.20. The Kier molecular flexibility index (Phi) is 3.78. The van der Waals surface area contributed by atoms with Crippen molar-refractivity contribution in [2.24, 2.45) is 5.73 Å². The molecule has 0 aliphatic carbocycles. The van der Waals surface area contributed by atoms with Crippen LogP contribution in [0.25, 0.3) is 0 Å². The third kappa shape index (κ3) is 2.51. The molecule has 6 heteroatoms. The Hall–Kier alpha value is -2.65. The van der Waals surface area contributed by atoms with Crippen molar-refractivity contribution in [1.29, 1.82) is 5.26 Å². The van der Waals surface area contributed by atoms with Crippen LogP contribution in [0.2, 0.25) is 0 Å². The van der Waals surface area contributed by atoms with Crippen molar-refractivity contribution in [2.45, 2.75) is 19.1 Å². The highest BCUT2D eigenvalue weighted by molar-refractivity contribution is 6.10. The highest BCUT2D eigenvalue weighted by Crippen LogP contribution is 2.32. The molecular weight excluding hydrogens is 272 g/mol. The standard InChI is InChI=1S/C15H14N2O4/c1-9-3-5-10(6-4-9)12(18)7-15(20-2)13(19)11(8-16)14(17)21-15/h3-6H,7,17H2,1-2H3. The molecule has 1 aliphatic heterocycles. The Labute approximate surface area is 121 Å². The molecule has 2 N–H and O–H groups in total. The number of ketones is 2. The average Bonchev–Trinajstić information content (AvgIpc) is 2.70. The number of nitrogens with zero attached hydrogens (tertiary/aromatic N) is 1. The minimum Gasteiger partial charge on any atom is -0.438 e. The third-order valence-electron chi connectivity index (χ3n) is 3.30. The van der Waals surface area contributed by atoms with Gasteiger partial charge in [0.2, 0.25) is 5.88 Å². The van der Waals surface area contributed by atoms with Crippen molar-refractivity contribution in [3.63, 3.8) is 0 Å². The Morgan fingerprint density at radius 1 is 1.43 bits per heavy atom. The van der Waals surface area contributed by atoms with Crippen LogP contribution in [0.4, 0.5) is 0 Å². The number of nitrogens with two attached hydrogens (primary N) is 1. The van der Waals surface area contributed by atoms with E-state index >= 15 is 0 Å². The van der Waals surface area contributed by atoms with Gasteiger partial charge < -0.3 is 15.2 Å². The molecule has 1 aliphatic rings. The molecule has 0 bridgehead atoms. The fourth-order valence-electron chi connectivity index (χ4n) is 2.06. The molecular formula is C15H14N2O4. The minimum atomic E-state index is -1.85. The molecule has 0 fully saturated rings. The molecule has 0 aromatic heterocycles. The van der Waals surface area contributed by atoms with Gasteiger partial charge in [-0.1, -0.05) is 29.8 Å². The summed E-state index contributed by atoms with van der Waals surface area (Å²) in [5.74, 6) is -3.24. The SMILES string of the molecule is COC1(CC(=O)c2ccc(C)cc2)OC(N)=C(C#N)C1=O. The Balaban J connectivity index is 2.25. The fraction of sp³-hybridized carbons (Fsp3) is 0.267. The molecule has 1 unspecified atom stereocenters. The van der Waals surface area contributed by atoms with E-state index in [1.165, 1.54) is 7.11 Å². The summed E-state index contributed by atoms with van der Waals surface area (Å²) < 4.78 is 10.2. The van der Waals surface area contributed by atoms with Crippen molar-refractivity contribution in [3.8, 4) is 6.07 Å². The smallest absolute Gasteiger partial charge is 0.284 e. The summed E-state index contributed by atoms with van der Waals surface area (Å²) in [6.45, 7) is 1.90. The second-order valence-corrected chi connectivity index (χ2v) is 4.71. The molecule has 1 aromatic rings. The lowest BCUT2D eigenvalue weighted by Crippen LogP contribution is -2.42. The van der Waals surface area contributed by atoms with E-state index < -0.39 is 11.6 Å². The molecule has 21 heavy (non-hydrogen) atoms. The molecule has 0 amide bonds.